The van der Waals surface area contributed by atoms with E-state index in [9.17, 15) is 0 Å². The molecule has 0 aliphatic heterocycles. The smallest absolute Gasteiger partial charge is 0.0638 e. The molecule has 0 aromatic heterocycles. The van der Waals surface area contributed by atoms with E-state index < -0.39 is 0 Å². The Kier molecular flexibility index (Phi) is 4.77. The van der Waals surface area contributed by atoms with Crippen molar-refractivity contribution in [2.45, 2.75) is 24.6 Å². The van der Waals surface area contributed by atoms with Gasteiger partial charge >= 0.3 is 0 Å². The van der Waals surface area contributed by atoms with Crippen molar-refractivity contribution in [2.75, 3.05) is 14.1 Å². The van der Waals surface area contributed by atoms with Crippen LogP contribution in [0.5, 0.6) is 0 Å². The number of nitrogens with zero attached hydrogens (tertiary/aromatic N) is 2. The second-order valence-electron chi connectivity index (χ2n) is 2.41. The van der Waals surface area contributed by atoms with Gasteiger partial charge < -0.3 is 0 Å². The van der Waals surface area contributed by atoms with Crippen molar-refractivity contribution in [1.29, 1.82) is 0 Å². The van der Waals surface area contributed by atoms with Crippen LogP contribution < -0.4 is 0 Å². The Morgan fingerprint density at radius 3 is 1.20 bits per heavy atom. The van der Waals surface area contributed by atoms with Gasteiger partial charge in [-0.25, -0.2) is 10.0 Å². The molecule has 0 saturated heterocycles. The van der Waals surface area contributed by atoms with Gasteiger partial charge in [-0.05, 0) is 13.8 Å². The molecule has 0 saturated carbocycles. The molecule has 0 aromatic carbocycles. The lowest BCUT2D eigenvalue weighted by Crippen LogP contribution is -2.43. The summed E-state index contributed by atoms with van der Waals surface area (Å²) in [5.74, 6) is 0. The summed E-state index contributed by atoms with van der Waals surface area (Å²) in [6, 6.07) is 0. The summed E-state index contributed by atoms with van der Waals surface area (Å²) in [5.41, 5.74) is 0. The molecular weight excluding hydrogens is 164 g/mol. The van der Waals surface area contributed by atoms with E-state index in [1.165, 1.54) is 0 Å². The van der Waals surface area contributed by atoms with Gasteiger partial charge in [0.1, 0.15) is 0 Å². The summed E-state index contributed by atoms with van der Waals surface area (Å²) >= 11 is 8.55. The van der Waals surface area contributed by atoms with E-state index in [1.54, 1.807) is 0 Å². The van der Waals surface area contributed by atoms with Crippen LogP contribution in [0.4, 0.5) is 0 Å². The van der Waals surface area contributed by atoms with Gasteiger partial charge in [-0.2, -0.15) is 25.3 Å². The van der Waals surface area contributed by atoms with Crippen molar-refractivity contribution in [1.82, 2.24) is 10.0 Å². The van der Waals surface area contributed by atoms with Gasteiger partial charge in [0.05, 0.1) is 10.7 Å². The fraction of sp³-hybridized carbons (Fsp3) is 1.00. The molecule has 10 heavy (non-hydrogen) atoms. The van der Waals surface area contributed by atoms with E-state index in [0.29, 0.717) is 0 Å². The van der Waals surface area contributed by atoms with Crippen LogP contribution >= 0.6 is 25.3 Å². The van der Waals surface area contributed by atoms with E-state index in [2.05, 4.69) is 25.3 Å². The van der Waals surface area contributed by atoms with Crippen LogP contribution in [0.1, 0.15) is 13.8 Å². The van der Waals surface area contributed by atoms with E-state index in [-0.39, 0.29) is 10.7 Å². The summed E-state index contributed by atoms with van der Waals surface area (Å²) in [6.07, 6.45) is 0. The van der Waals surface area contributed by atoms with Crippen LogP contribution in [-0.2, 0) is 0 Å². The number of hydrogen-bond acceptors (Lipinski definition) is 4. The molecule has 2 unspecified atom stereocenters. The van der Waals surface area contributed by atoms with Crippen molar-refractivity contribution in [3.63, 3.8) is 0 Å². The number of hydrogen-bond donors (Lipinski definition) is 2. The second kappa shape index (κ2) is 4.49. The average Bonchev–Trinajstić information content (AvgIpc) is 1.84. The summed E-state index contributed by atoms with van der Waals surface area (Å²) in [4.78, 5) is 0. The van der Waals surface area contributed by atoms with Gasteiger partial charge in [0, 0.05) is 14.1 Å². The minimum Gasteiger partial charge on any atom is -0.232 e. The van der Waals surface area contributed by atoms with E-state index in [1.807, 2.05) is 38.0 Å². The molecule has 0 N–H and O–H groups in total. The highest BCUT2D eigenvalue weighted by Gasteiger charge is 2.12. The lowest BCUT2D eigenvalue weighted by Gasteiger charge is -2.33. The zero-order valence-corrected chi connectivity index (χ0v) is 8.73. The van der Waals surface area contributed by atoms with Gasteiger partial charge in [0.25, 0.3) is 0 Å². The number of rotatable bonds is 3. The molecule has 0 rings (SSSR count). The largest absolute Gasteiger partial charge is 0.232 e. The predicted octanol–water partition coefficient (Wildman–Crippen LogP) is 1.32. The molecule has 2 atom stereocenters. The summed E-state index contributed by atoms with van der Waals surface area (Å²) < 4.78 is 0. The third kappa shape index (κ3) is 3.14. The van der Waals surface area contributed by atoms with Crippen LogP contribution in [0, 0.1) is 0 Å². The standard InChI is InChI=1S/C6H16N2S2/c1-5(9)7(3)8(4)6(2)10/h5-6,9-10H,1-4H3. The predicted molar refractivity (Wildman–Crippen MR) is 52.4 cm³/mol. The molecule has 0 spiro atoms. The maximum absolute atomic E-state index is 4.28. The van der Waals surface area contributed by atoms with E-state index in [0.717, 1.165) is 0 Å². The zero-order chi connectivity index (χ0) is 8.31. The molecule has 0 fully saturated rings. The Bertz CT molecular complexity index is 83.7. The Balaban J connectivity index is 3.81. The molecule has 0 aromatic rings. The molecule has 0 heterocycles. The number of thiol groups is 2. The second-order valence-corrected chi connectivity index (χ2v) is 3.91. The SMILES string of the molecule is CC(S)N(C)N(C)C(C)S. The first kappa shape index (κ1) is 10.6. The van der Waals surface area contributed by atoms with Crippen molar-refractivity contribution in [3.05, 3.63) is 0 Å². The molecule has 0 aliphatic carbocycles. The van der Waals surface area contributed by atoms with Crippen LogP contribution in [0.3, 0.4) is 0 Å². The molecule has 0 bridgehead atoms. The van der Waals surface area contributed by atoms with Crippen LogP contribution in [0.15, 0.2) is 0 Å². The average molecular weight is 180 g/mol. The van der Waals surface area contributed by atoms with Crippen LogP contribution in [-0.4, -0.2) is 34.9 Å². The van der Waals surface area contributed by atoms with Crippen molar-refractivity contribution >= 4 is 25.3 Å². The first-order valence-electron chi connectivity index (χ1n) is 3.28. The molecule has 0 amide bonds. The summed E-state index contributed by atoms with van der Waals surface area (Å²) in [5, 5.41) is 4.53. The third-order valence-electron chi connectivity index (χ3n) is 1.58. The Morgan fingerprint density at radius 2 is 1.10 bits per heavy atom. The van der Waals surface area contributed by atoms with Crippen molar-refractivity contribution in [2.24, 2.45) is 0 Å². The fourth-order valence-corrected chi connectivity index (χ4v) is 0.853. The summed E-state index contributed by atoms with van der Waals surface area (Å²) in [6.45, 7) is 4.05. The molecule has 2 nitrogen and oxygen atoms in total. The van der Waals surface area contributed by atoms with E-state index in [4.69, 9.17) is 0 Å². The highest BCUT2D eigenvalue weighted by molar-refractivity contribution is 7.81. The van der Waals surface area contributed by atoms with Gasteiger partial charge in [-0.3, -0.25) is 0 Å². The van der Waals surface area contributed by atoms with Crippen molar-refractivity contribution in [3.8, 4) is 0 Å². The first-order chi connectivity index (χ1) is 4.46. The summed E-state index contributed by atoms with van der Waals surface area (Å²) in [7, 11) is 3.98. The maximum atomic E-state index is 4.28. The lowest BCUT2D eigenvalue weighted by atomic mass is 10.6. The minimum absolute atomic E-state index is 0.236. The van der Waals surface area contributed by atoms with Gasteiger partial charge in [-0.1, -0.05) is 0 Å². The maximum Gasteiger partial charge on any atom is 0.0638 e. The Morgan fingerprint density at radius 1 is 0.900 bits per heavy atom. The molecule has 4 heteroatoms. The Labute approximate surface area is 74.4 Å². The topological polar surface area (TPSA) is 6.48 Å². The van der Waals surface area contributed by atoms with Crippen molar-refractivity contribution < 1.29 is 0 Å². The quantitative estimate of drug-likeness (QED) is 0.384. The zero-order valence-electron chi connectivity index (χ0n) is 6.94. The molecule has 0 radical (unpaired) electrons. The highest BCUT2D eigenvalue weighted by atomic mass is 32.1. The van der Waals surface area contributed by atoms with Gasteiger partial charge in [0.15, 0.2) is 0 Å². The van der Waals surface area contributed by atoms with E-state index >= 15 is 0 Å². The highest BCUT2D eigenvalue weighted by Crippen LogP contribution is 2.08. The molecular formula is C6H16N2S2. The molecule has 0 aliphatic rings. The normalized spacial score (nSPS) is 18.0. The number of hydrazine groups is 1. The van der Waals surface area contributed by atoms with Crippen LogP contribution in [0.25, 0.3) is 0 Å². The van der Waals surface area contributed by atoms with Gasteiger partial charge in [-0.15, -0.1) is 0 Å². The minimum atomic E-state index is 0.236. The van der Waals surface area contributed by atoms with Gasteiger partial charge in [0.2, 0.25) is 0 Å². The van der Waals surface area contributed by atoms with Crippen LogP contribution in [0.2, 0.25) is 0 Å². The first-order valence-corrected chi connectivity index (χ1v) is 4.31. The molecule has 62 valence electrons. The fourth-order valence-electron chi connectivity index (χ4n) is 0.527. The monoisotopic (exact) mass is 180 g/mol. The lowest BCUT2D eigenvalue weighted by molar-refractivity contribution is 0.0164. The third-order valence-corrected chi connectivity index (χ3v) is 2.25. The Hall–Kier alpha value is 0.620.